The van der Waals surface area contributed by atoms with E-state index in [1.54, 1.807) is 6.20 Å². The van der Waals surface area contributed by atoms with E-state index in [-0.39, 0.29) is 30.7 Å². The molecule has 0 aliphatic carbocycles. The Morgan fingerprint density at radius 3 is 2.42 bits per heavy atom. The van der Waals surface area contributed by atoms with Crippen LogP contribution in [0.15, 0.2) is 30.5 Å². The van der Waals surface area contributed by atoms with Crippen molar-refractivity contribution >= 4 is 59.5 Å². The summed E-state index contributed by atoms with van der Waals surface area (Å²) in [5.74, 6) is 0.888. The minimum atomic E-state index is -0.342. The van der Waals surface area contributed by atoms with E-state index in [1.807, 2.05) is 12.1 Å². The van der Waals surface area contributed by atoms with E-state index in [1.165, 1.54) is 19.2 Å². The van der Waals surface area contributed by atoms with Crippen molar-refractivity contribution in [1.82, 2.24) is 4.98 Å². The Morgan fingerprint density at radius 1 is 1.27 bits per heavy atom. The molecule has 26 heavy (non-hydrogen) atoms. The van der Waals surface area contributed by atoms with E-state index in [2.05, 4.69) is 29.0 Å². The lowest BCUT2D eigenvalue weighted by Crippen LogP contribution is -2.23. The highest BCUT2D eigenvalue weighted by Gasteiger charge is 2.15. The van der Waals surface area contributed by atoms with Crippen LogP contribution in [-0.4, -0.2) is 31.1 Å². The molecule has 9 heteroatoms. The van der Waals surface area contributed by atoms with Gasteiger partial charge >= 0.3 is 0 Å². The van der Waals surface area contributed by atoms with Gasteiger partial charge in [-0.3, -0.25) is 4.79 Å². The molecule has 2 aromatic rings. The molecule has 1 amide bonds. The summed E-state index contributed by atoms with van der Waals surface area (Å²) >= 11 is 6.00. The number of rotatable bonds is 6. The zero-order valence-corrected chi connectivity index (χ0v) is 17.2. The molecule has 0 bridgehead atoms. The molecule has 0 aliphatic heterocycles. The number of anilines is 3. The molecule has 1 aromatic heterocycles. The van der Waals surface area contributed by atoms with Crippen molar-refractivity contribution in [2.75, 3.05) is 36.1 Å². The molecule has 0 fully saturated rings. The van der Waals surface area contributed by atoms with Gasteiger partial charge in [0.1, 0.15) is 11.6 Å². The summed E-state index contributed by atoms with van der Waals surface area (Å²) in [5.41, 5.74) is 6.99. The number of hydrogen-bond acceptors (Lipinski definition) is 5. The van der Waals surface area contributed by atoms with Crippen molar-refractivity contribution < 1.29 is 9.53 Å². The maximum atomic E-state index is 12.5. The Bertz CT molecular complexity index is 723. The fourth-order valence-electron chi connectivity index (χ4n) is 2.31. The van der Waals surface area contributed by atoms with Gasteiger partial charge in [0, 0.05) is 19.2 Å². The van der Waals surface area contributed by atoms with Gasteiger partial charge in [-0.15, -0.1) is 24.8 Å². The second-order valence-electron chi connectivity index (χ2n) is 5.11. The molecule has 0 aliphatic rings. The number of carbonyl (C=O) groups excluding carboxylic acids is 1. The summed E-state index contributed by atoms with van der Waals surface area (Å²) in [6.07, 6.45) is 1.62. The Balaban J connectivity index is 0.00000312. The lowest BCUT2D eigenvalue weighted by atomic mass is 10.1. The number of aromatic nitrogens is 1. The van der Waals surface area contributed by atoms with E-state index in [0.29, 0.717) is 27.7 Å². The van der Waals surface area contributed by atoms with Crippen LogP contribution in [0.5, 0.6) is 5.75 Å². The van der Waals surface area contributed by atoms with Crippen LogP contribution in [0.1, 0.15) is 24.2 Å². The molecule has 2 rings (SSSR count). The van der Waals surface area contributed by atoms with E-state index < -0.39 is 0 Å². The van der Waals surface area contributed by atoms with Gasteiger partial charge in [-0.2, -0.15) is 0 Å². The zero-order valence-electron chi connectivity index (χ0n) is 14.8. The normalized spacial score (nSPS) is 9.54. The van der Waals surface area contributed by atoms with Crippen molar-refractivity contribution in [2.24, 2.45) is 0 Å². The molecule has 0 atom stereocenters. The molecule has 6 nitrogen and oxygen atoms in total. The molecule has 1 heterocycles. The third-order valence-electron chi connectivity index (χ3n) is 3.66. The second-order valence-corrected chi connectivity index (χ2v) is 5.51. The number of ether oxygens (including phenoxy) is 1. The fraction of sp³-hybridized carbons (Fsp3) is 0.294. The number of amides is 1. The summed E-state index contributed by atoms with van der Waals surface area (Å²) in [4.78, 5) is 19.0. The first-order valence-corrected chi connectivity index (χ1v) is 8.03. The summed E-state index contributed by atoms with van der Waals surface area (Å²) < 4.78 is 5.20. The summed E-state index contributed by atoms with van der Waals surface area (Å²) in [7, 11) is 1.47. The van der Waals surface area contributed by atoms with Gasteiger partial charge in [0.2, 0.25) is 0 Å². The van der Waals surface area contributed by atoms with E-state index in [0.717, 1.165) is 18.9 Å². The van der Waals surface area contributed by atoms with Crippen molar-refractivity contribution in [3.8, 4) is 5.75 Å². The second kappa shape index (κ2) is 11.0. The van der Waals surface area contributed by atoms with Gasteiger partial charge in [-0.05, 0) is 32.0 Å². The molecule has 1 aromatic carbocycles. The van der Waals surface area contributed by atoms with Gasteiger partial charge in [-0.1, -0.05) is 11.6 Å². The maximum absolute atomic E-state index is 12.5. The zero-order chi connectivity index (χ0) is 17.7. The number of nitrogens with zero attached hydrogens (tertiary/aromatic N) is 2. The number of carbonyl (C=O) groups is 1. The van der Waals surface area contributed by atoms with Gasteiger partial charge < -0.3 is 20.7 Å². The minimum absolute atomic E-state index is 0. The van der Waals surface area contributed by atoms with Crippen LogP contribution < -0.4 is 20.7 Å². The highest BCUT2D eigenvalue weighted by molar-refractivity contribution is 6.33. The van der Waals surface area contributed by atoms with Crippen molar-refractivity contribution in [2.45, 2.75) is 13.8 Å². The number of pyridine rings is 1. The minimum Gasteiger partial charge on any atom is -0.496 e. The molecular formula is C17H23Cl3N4O2. The monoisotopic (exact) mass is 420 g/mol. The summed E-state index contributed by atoms with van der Waals surface area (Å²) in [5, 5.41) is 3.08. The van der Waals surface area contributed by atoms with Gasteiger partial charge in [0.15, 0.2) is 0 Å². The summed E-state index contributed by atoms with van der Waals surface area (Å²) in [6, 6.07) is 6.70. The number of nitrogens with two attached hydrogens (primary N) is 1. The van der Waals surface area contributed by atoms with Gasteiger partial charge in [0.05, 0.1) is 35.3 Å². The van der Waals surface area contributed by atoms with Crippen molar-refractivity contribution in [1.29, 1.82) is 0 Å². The Labute approximate surface area is 170 Å². The number of nitrogen functional groups attached to an aromatic ring is 1. The molecule has 0 spiro atoms. The summed E-state index contributed by atoms with van der Waals surface area (Å²) in [6.45, 7) is 5.88. The van der Waals surface area contributed by atoms with Crippen LogP contribution in [0, 0.1) is 0 Å². The van der Waals surface area contributed by atoms with E-state index in [4.69, 9.17) is 22.1 Å². The molecule has 0 unspecified atom stereocenters. The first-order valence-electron chi connectivity index (χ1n) is 7.65. The maximum Gasteiger partial charge on any atom is 0.259 e. The molecule has 3 N–H and O–H groups in total. The van der Waals surface area contributed by atoms with Crippen LogP contribution in [-0.2, 0) is 0 Å². The number of methoxy groups -OCH3 is 1. The molecular weight excluding hydrogens is 399 g/mol. The van der Waals surface area contributed by atoms with E-state index >= 15 is 0 Å². The average molecular weight is 422 g/mol. The quantitative estimate of drug-likeness (QED) is 0.681. The first kappa shape index (κ1) is 24.1. The molecule has 0 radical (unpaired) electrons. The molecule has 144 valence electrons. The highest BCUT2D eigenvalue weighted by Crippen LogP contribution is 2.29. The van der Waals surface area contributed by atoms with Crippen LogP contribution in [0.25, 0.3) is 0 Å². The number of nitrogens with one attached hydrogen (secondary N) is 1. The van der Waals surface area contributed by atoms with Crippen molar-refractivity contribution in [3.05, 3.63) is 41.0 Å². The SMILES string of the molecule is CCN(CC)c1ccc(NC(=O)c2cc(Cl)c(N)cc2OC)cn1.Cl.Cl. The topological polar surface area (TPSA) is 80.5 Å². The third-order valence-corrected chi connectivity index (χ3v) is 3.98. The van der Waals surface area contributed by atoms with Gasteiger partial charge in [0.25, 0.3) is 5.91 Å². The lowest BCUT2D eigenvalue weighted by Gasteiger charge is -2.19. The van der Waals surface area contributed by atoms with Crippen LogP contribution in [0.2, 0.25) is 5.02 Å². The number of benzene rings is 1. The number of hydrogen-bond donors (Lipinski definition) is 2. The average Bonchev–Trinajstić information content (AvgIpc) is 2.59. The lowest BCUT2D eigenvalue weighted by molar-refractivity contribution is 0.102. The fourth-order valence-corrected chi connectivity index (χ4v) is 2.47. The predicted molar refractivity (Wildman–Crippen MR) is 113 cm³/mol. The van der Waals surface area contributed by atoms with Crippen LogP contribution in [0.4, 0.5) is 17.2 Å². The smallest absolute Gasteiger partial charge is 0.259 e. The number of halogens is 3. The van der Waals surface area contributed by atoms with Crippen LogP contribution >= 0.6 is 36.4 Å². The third kappa shape index (κ3) is 5.56. The molecule has 0 saturated heterocycles. The Hall–Kier alpha value is -1.89. The largest absolute Gasteiger partial charge is 0.496 e. The molecule has 0 saturated carbocycles. The van der Waals surface area contributed by atoms with Crippen LogP contribution in [0.3, 0.4) is 0 Å². The first-order chi connectivity index (χ1) is 11.5. The van der Waals surface area contributed by atoms with Gasteiger partial charge in [-0.25, -0.2) is 4.98 Å². The predicted octanol–water partition coefficient (Wildman–Crippen LogP) is 4.27. The highest BCUT2D eigenvalue weighted by atomic mass is 35.5. The van der Waals surface area contributed by atoms with E-state index in [9.17, 15) is 4.79 Å². The van der Waals surface area contributed by atoms with Crippen molar-refractivity contribution in [3.63, 3.8) is 0 Å². The Kier molecular flexibility index (Phi) is 10.2. The standard InChI is InChI=1S/C17H21ClN4O2.2ClH/c1-4-22(5-2)16-7-6-11(10-20-16)21-17(23)12-8-13(18)14(19)9-15(12)24-3;;/h6-10H,4-5,19H2,1-3H3,(H,21,23);2*1H. The Morgan fingerprint density at radius 2 is 1.92 bits per heavy atom.